The van der Waals surface area contributed by atoms with Gasteiger partial charge in [0.2, 0.25) is 0 Å². The molecule has 0 aliphatic rings. The van der Waals surface area contributed by atoms with Gasteiger partial charge in [0.1, 0.15) is 0 Å². The molecule has 1 unspecified atom stereocenters. The van der Waals surface area contributed by atoms with Crippen molar-refractivity contribution in [1.29, 1.82) is 0 Å². The monoisotopic (exact) mass is 395 g/mol. The van der Waals surface area contributed by atoms with Gasteiger partial charge < -0.3 is 0 Å². The van der Waals surface area contributed by atoms with Crippen molar-refractivity contribution in [1.82, 2.24) is 4.98 Å². The van der Waals surface area contributed by atoms with Crippen molar-refractivity contribution in [3.8, 4) is 0 Å². The first kappa shape index (κ1) is 13.3. The Bertz CT molecular complexity index is 708. The molecule has 1 aromatic carbocycles. The minimum Gasteiger partial charge on any atom is -0.253 e. The summed E-state index contributed by atoms with van der Waals surface area (Å²) in [6.45, 7) is 0. The standard InChI is InChI=1S/C15H11Br2NS/c16-12-7-8-19-15(12)13(17)9-11-6-5-10-3-1-2-4-14(10)18-11/h1-8,13H,9H2. The number of rotatable bonds is 3. The zero-order valence-corrected chi connectivity index (χ0v) is 14.0. The number of fused-ring (bicyclic) bond motifs is 1. The Kier molecular flexibility index (Phi) is 4.01. The number of pyridine rings is 1. The van der Waals surface area contributed by atoms with E-state index in [0.29, 0.717) is 4.83 Å². The lowest BCUT2D eigenvalue weighted by atomic mass is 10.1. The van der Waals surface area contributed by atoms with E-state index in [1.54, 1.807) is 11.3 Å². The van der Waals surface area contributed by atoms with Gasteiger partial charge in [-0.3, -0.25) is 4.98 Å². The third-order valence-electron chi connectivity index (χ3n) is 2.97. The smallest absolute Gasteiger partial charge is 0.0705 e. The summed E-state index contributed by atoms with van der Waals surface area (Å²) in [5, 5.41) is 3.29. The average molecular weight is 397 g/mol. The molecule has 2 aromatic heterocycles. The first-order valence-electron chi connectivity index (χ1n) is 5.95. The molecule has 0 saturated carbocycles. The highest BCUT2D eigenvalue weighted by Gasteiger charge is 2.14. The number of aromatic nitrogens is 1. The largest absolute Gasteiger partial charge is 0.253 e. The topological polar surface area (TPSA) is 12.9 Å². The van der Waals surface area contributed by atoms with Gasteiger partial charge in [-0.1, -0.05) is 40.2 Å². The van der Waals surface area contributed by atoms with E-state index in [1.165, 1.54) is 14.7 Å². The Balaban J connectivity index is 1.87. The Labute approximate surface area is 132 Å². The van der Waals surface area contributed by atoms with Crippen molar-refractivity contribution in [2.45, 2.75) is 11.2 Å². The molecule has 3 rings (SSSR count). The third kappa shape index (κ3) is 2.91. The van der Waals surface area contributed by atoms with E-state index >= 15 is 0 Å². The van der Waals surface area contributed by atoms with Crippen molar-refractivity contribution in [2.24, 2.45) is 0 Å². The molecule has 2 heterocycles. The molecule has 0 aliphatic heterocycles. The van der Waals surface area contributed by atoms with Gasteiger partial charge in [-0.15, -0.1) is 11.3 Å². The van der Waals surface area contributed by atoms with Crippen LogP contribution in [-0.2, 0) is 6.42 Å². The van der Waals surface area contributed by atoms with E-state index in [9.17, 15) is 0 Å². The maximum Gasteiger partial charge on any atom is 0.0705 e. The van der Waals surface area contributed by atoms with E-state index in [1.807, 2.05) is 12.1 Å². The maximum absolute atomic E-state index is 4.71. The maximum atomic E-state index is 4.71. The number of halogens is 2. The number of hydrogen-bond donors (Lipinski definition) is 0. The van der Waals surface area contributed by atoms with Crippen LogP contribution in [0.1, 0.15) is 15.4 Å². The summed E-state index contributed by atoms with van der Waals surface area (Å²) in [7, 11) is 0. The predicted octanol–water partition coefficient (Wildman–Crippen LogP) is 5.74. The van der Waals surface area contributed by atoms with Crippen LogP contribution >= 0.6 is 43.2 Å². The first-order valence-corrected chi connectivity index (χ1v) is 8.54. The fourth-order valence-electron chi connectivity index (χ4n) is 2.03. The number of hydrogen-bond acceptors (Lipinski definition) is 2. The van der Waals surface area contributed by atoms with E-state index in [0.717, 1.165) is 17.6 Å². The second-order valence-electron chi connectivity index (χ2n) is 4.30. The molecule has 1 atom stereocenters. The van der Waals surface area contributed by atoms with Crippen LogP contribution in [0.25, 0.3) is 10.9 Å². The molecule has 0 bridgehead atoms. The number of alkyl halides is 1. The Morgan fingerprint density at radius 2 is 1.95 bits per heavy atom. The summed E-state index contributed by atoms with van der Waals surface area (Å²) in [6, 6.07) is 14.6. The number of benzene rings is 1. The fraction of sp³-hybridized carbons (Fsp3) is 0.133. The lowest BCUT2D eigenvalue weighted by Gasteiger charge is -2.09. The summed E-state index contributed by atoms with van der Waals surface area (Å²) < 4.78 is 1.17. The molecule has 96 valence electrons. The molecule has 3 aromatic rings. The molecule has 0 N–H and O–H groups in total. The van der Waals surface area contributed by atoms with Gasteiger partial charge in [0, 0.05) is 26.9 Å². The number of thiophene rings is 1. The molecule has 1 nitrogen and oxygen atoms in total. The van der Waals surface area contributed by atoms with Crippen molar-refractivity contribution < 1.29 is 0 Å². The quantitative estimate of drug-likeness (QED) is 0.514. The normalized spacial score (nSPS) is 12.7. The molecule has 0 saturated heterocycles. The zero-order valence-electron chi connectivity index (χ0n) is 10.0. The SMILES string of the molecule is Brc1ccsc1C(Br)Cc1ccc2ccccc2n1. The van der Waals surface area contributed by atoms with Gasteiger partial charge in [0.25, 0.3) is 0 Å². The molecular weight excluding hydrogens is 386 g/mol. The van der Waals surface area contributed by atoms with Crippen molar-refractivity contribution >= 4 is 54.1 Å². The lowest BCUT2D eigenvalue weighted by molar-refractivity contribution is 0.926. The first-order chi connectivity index (χ1) is 9.24. The van der Waals surface area contributed by atoms with Crippen molar-refractivity contribution in [3.05, 3.63) is 62.9 Å². The lowest BCUT2D eigenvalue weighted by Crippen LogP contribution is -1.96. The summed E-state index contributed by atoms with van der Waals surface area (Å²) in [5.41, 5.74) is 2.17. The molecule has 0 radical (unpaired) electrons. The number of para-hydroxylation sites is 1. The molecule has 0 amide bonds. The van der Waals surface area contributed by atoms with Gasteiger partial charge in [-0.2, -0.15) is 0 Å². The summed E-state index contributed by atoms with van der Waals surface area (Å²) in [5.74, 6) is 0. The highest BCUT2D eigenvalue weighted by atomic mass is 79.9. The highest BCUT2D eigenvalue weighted by molar-refractivity contribution is 9.11. The van der Waals surface area contributed by atoms with Gasteiger partial charge in [-0.25, -0.2) is 0 Å². The predicted molar refractivity (Wildman–Crippen MR) is 89.1 cm³/mol. The summed E-state index contributed by atoms with van der Waals surface area (Å²) >= 11 is 9.10. The van der Waals surface area contributed by atoms with Gasteiger partial charge >= 0.3 is 0 Å². The summed E-state index contributed by atoms with van der Waals surface area (Å²) in [4.78, 5) is 6.33. The minimum atomic E-state index is 0.301. The van der Waals surface area contributed by atoms with Crippen LogP contribution in [0.3, 0.4) is 0 Å². The van der Waals surface area contributed by atoms with E-state index < -0.39 is 0 Å². The summed E-state index contributed by atoms with van der Waals surface area (Å²) in [6.07, 6.45) is 0.893. The Morgan fingerprint density at radius 3 is 2.74 bits per heavy atom. The Hall–Kier alpha value is -0.710. The van der Waals surface area contributed by atoms with Crippen LogP contribution in [-0.4, -0.2) is 4.98 Å². The van der Waals surface area contributed by atoms with E-state index in [-0.39, 0.29) is 0 Å². The highest BCUT2D eigenvalue weighted by Crippen LogP contribution is 2.36. The molecule has 0 fully saturated rings. The molecule has 0 aliphatic carbocycles. The van der Waals surface area contributed by atoms with Crippen LogP contribution in [0.2, 0.25) is 0 Å². The molecule has 4 heteroatoms. The minimum absolute atomic E-state index is 0.301. The van der Waals surface area contributed by atoms with Gasteiger partial charge in [-0.05, 0) is 39.5 Å². The van der Waals surface area contributed by atoms with Crippen LogP contribution in [0.5, 0.6) is 0 Å². The third-order valence-corrected chi connectivity index (χ3v) is 6.04. The van der Waals surface area contributed by atoms with Crippen LogP contribution in [0, 0.1) is 0 Å². The van der Waals surface area contributed by atoms with Crippen molar-refractivity contribution in [3.63, 3.8) is 0 Å². The molecule has 19 heavy (non-hydrogen) atoms. The Morgan fingerprint density at radius 1 is 1.11 bits per heavy atom. The second kappa shape index (κ2) is 5.73. The van der Waals surface area contributed by atoms with E-state index in [4.69, 9.17) is 4.98 Å². The van der Waals surface area contributed by atoms with Crippen LogP contribution in [0.15, 0.2) is 52.3 Å². The molecular formula is C15H11Br2NS. The van der Waals surface area contributed by atoms with Crippen LogP contribution in [0.4, 0.5) is 0 Å². The number of nitrogens with zero attached hydrogens (tertiary/aromatic N) is 1. The van der Waals surface area contributed by atoms with Gasteiger partial charge in [0.05, 0.1) is 10.3 Å². The molecule has 0 spiro atoms. The van der Waals surface area contributed by atoms with Crippen LogP contribution < -0.4 is 0 Å². The second-order valence-corrected chi connectivity index (χ2v) is 7.21. The zero-order chi connectivity index (χ0) is 13.2. The fourth-order valence-corrected chi connectivity index (χ4v) is 4.86. The van der Waals surface area contributed by atoms with E-state index in [2.05, 4.69) is 67.6 Å². The average Bonchev–Trinajstić information content (AvgIpc) is 2.85. The van der Waals surface area contributed by atoms with Gasteiger partial charge in [0.15, 0.2) is 0 Å². The van der Waals surface area contributed by atoms with Crippen molar-refractivity contribution in [2.75, 3.05) is 0 Å².